The maximum atomic E-state index is 12.7. The molecule has 3 aromatic rings. The highest BCUT2D eigenvalue weighted by molar-refractivity contribution is 5.92. The zero-order valence-corrected chi connectivity index (χ0v) is 16.9. The zero-order chi connectivity index (χ0) is 21.1. The highest BCUT2D eigenvalue weighted by Crippen LogP contribution is 2.24. The number of carbonyl (C=O) groups is 1. The Morgan fingerprint density at radius 3 is 2.43 bits per heavy atom. The number of benzene rings is 1. The second-order valence-corrected chi connectivity index (χ2v) is 6.99. The first-order chi connectivity index (χ1) is 14.5. The lowest BCUT2D eigenvalue weighted by Crippen LogP contribution is -2.49. The monoisotopic (exact) mass is 406 g/mol. The fourth-order valence-corrected chi connectivity index (χ4v) is 3.27. The van der Waals surface area contributed by atoms with Crippen LogP contribution in [0.2, 0.25) is 0 Å². The third-order valence-electron chi connectivity index (χ3n) is 4.84. The van der Waals surface area contributed by atoms with Crippen molar-refractivity contribution in [3.8, 4) is 11.6 Å². The van der Waals surface area contributed by atoms with Crippen LogP contribution in [0.15, 0.2) is 53.3 Å². The first-order valence-electron chi connectivity index (χ1n) is 9.67. The molecule has 1 aliphatic heterocycles. The van der Waals surface area contributed by atoms with Gasteiger partial charge in [0.1, 0.15) is 23.1 Å². The smallest absolute Gasteiger partial charge is 0.274 e. The van der Waals surface area contributed by atoms with Crippen LogP contribution in [0.1, 0.15) is 16.3 Å². The molecule has 1 saturated heterocycles. The third kappa shape index (κ3) is 4.29. The second kappa shape index (κ2) is 8.32. The number of aromatic nitrogens is 4. The molecule has 9 heteroatoms. The number of hydrogen-bond acceptors (Lipinski definition) is 7. The zero-order valence-electron chi connectivity index (χ0n) is 16.9. The Labute approximate surface area is 173 Å². The van der Waals surface area contributed by atoms with Crippen LogP contribution in [0.25, 0.3) is 0 Å². The van der Waals surface area contributed by atoms with Crippen molar-refractivity contribution in [2.75, 3.05) is 31.1 Å². The third-order valence-corrected chi connectivity index (χ3v) is 4.84. The number of piperazine rings is 1. The summed E-state index contributed by atoms with van der Waals surface area (Å²) in [7, 11) is 1.53. The quantitative estimate of drug-likeness (QED) is 0.650. The van der Waals surface area contributed by atoms with Gasteiger partial charge in [-0.05, 0) is 25.1 Å². The molecule has 30 heavy (non-hydrogen) atoms. The minimum Gasteiger partial charge on any atom is -0.439 e. The van der Waals surface area contributed by atoms with E-state index in [9.17, 15) is 9.59 Å². The summed E-state index contributed by atoms with van der Waals surface area (Å²) < 4.78 is 7.02. The number of hydrogen-bond donors (Lipinski definition) is 0. The predicted octanol–water partition coefficient (Wildman–Crippen LogP) is 1.63. The molecular formula is C21H22N6O3. The van der Waals surface area contributed by atoms with Gasteiger partial charge in [-0.1, -0.05) is 18.2 Å². The fourth-order valence-electron chi connectivity index (χ4n) is 3.27. The summed E-state index contributed by atoms with van der Waals surface area (Å²) in [6.07, 6.45) is 0. The Kier molecular flexibility index (Phi) is 5.42. The van der Waals surface area contributed by atoms with Gasteiger partial charge in [0.05, 0.1) is 0 Å². The summed E-state index contributed by atoms with van der Waals surface area (Å²) in [5.41, 5.74) is 0.0194. The van der Waals surface area contributed by atoms with Crippen LogP contribution < -0.4 is 15.2 Å². The lowest BCUT2D eigenvalue weighted by Gasteiger charge is -2.35. The van der Waals surface area contributed by atoms with E-state index in [-0.39, 0.29) is 17.2 Å². The van der Waals surface area contributed by atoms with Crippen LogP contribution in [0.4, 0.5) is 5.82 Å². The van der Waals surface area contributed by atoms with Crippen molar-refractivity contribution >= 4 is 11.7 Å². The van der Waals surface area contributed by atoms with Gasteiger partial charge < -0.3 is 14.5 Å². The maximum Gasteiger partial charge on any atom is 0.274 e. The van der Waals surface area contributed by atoms with Gasteiger partial charge >= 0.3 is 0 Å². The molecule has 9 nitrogen and oxygen atoms in total. The van der Waals surface area contributed by atoms with Crippen LogP contribution in [0.3, 0.4) is 0 Å². The second-order valence-electron chi connectivity index (χ2n) is 6.99. The van der Waals surface area contributed by atoms with Gasteiger partial charge in [-0.3, -0.25) is 9.59 Å². The van der Waals surface area contributed by atoms with Gasteiger partial charge in [-0.2, -0.15) is 10.1 Å². The molecule has 154 valence electrons. The van der Waals surface area contributed by atoms with Gasteiger partial charge in [-0.15, -0.1) is 0 Å². The Bertz CT molecular complexity index is 1110. The highest BCUT2D eigenvalue weighted by Gasteiger charge is 2.24. The molecule has 0 saturated carbocycles. The lowest BCUT2D eigenvalue weighted by atomic mass is 10.2. The van der Waals surface area contributed by atoms with Gasteiger partial charge in [0.2, 0.25) is 5.88 Å². The summed E-state index contributed by atoms with van der Waals surface area (Å²) in [6, 6.07) is 14.1. The van der Waals surface area contributed by atoms with Gasteiger partial charge in [0, 0.05) is 45.4 Å². The van der Waals surface area contributed by atoms with Crippen LogP contribution in [-0.2, 0) is 7.05 Å². The normalized spacial score (nSPS) is 13.9. The highest BCUT2D eigenvalue weighted by atomic mass is 16.5. The molecule has 0 unspecified atom stereocenters. The predicted molar refractivity (Wildman–Crippen MR) is 111 cm³/mol. The average molecular weight is 406 g/mol. The SMILES string of the molecule is Cc1nc(Oc2ccccc2)cc(N2CCN(C(=O)c3ccc(=O)n(C)n3)CC2)n1. The molecule has 4 rings (SSSR count). The molecule has 0 spiro atoms. The molecule has 1 aromatic carbocycles. The Hall–Kier alpha value is -3.75. The van der Waals surface area contributed by atoms with Crippen molar-refractivity contribution in [2.45, 2.75) is 6.92 Å². The van der Waals surface area contributed by atoms with Crippen LogP contribution in [0, 0.1) is 6.92 Å². The van der Waals surface area contributed by atoms with E-state index in [0.29, 0.717) is 43.6 Å². The topological polar surface area (TPSA) is 93.5 Å². The first kappa shape index (κ1) is 19.6. The van der Waals surface area contributed by atoms with E-state index < -0.39 is 0 Å². The molecule has 3 heterocycles. The minimum absolute atomic E-state index is 0.183. The molecule has 0 N–H and O–H groups in total. The lowest BCUT2D eigenvalue weighted by molar-refractivity contribution is 0.0738. The number of nitrogens with zero attached hydrogens (tertiary/aromatic N) is 6. The van der Waals surface area contributed by atoms with Crippen molar-refractivity contribution < 1.29 is 9.53 Å². The standard InChI is InChI=1S/C21H22N6O3/c1-15-22-18(14-19(23-15)30-16-6-4-3-5-7-16)26-10-12-27(13-11-26)21(29)17-8-9-20(28)25(2)24-17/h3-9,14H,10-13H2,1-2H3. The van der Waals surface area contributed by atoms with E-state index in [1.807, 2.05) is 43.3 Å². The van der Waals surface area contributed by atoms with Gasteiger partial charge in [0.15, 0.2) is 0 Å². The van der Waals surface area contributed by atoms with Crippen LogP contribution >= 0.6 is 0 Å². The van der Waals surface area contributed by atoms with Crippen molar-refractivity contribution in [2.24, 2.45) is 7.05 Å². The fraction of sp³-hybridized carbons (Fsp3) is 0.286. The van der Waals surface area contributed by atoms with E-state index in [4.69, 9.17) is 4.74 Å². The molecule has 0 radical (unpaired) electrons. The first-order valence-corrected chi connectivity index (χ1v) is 9.67. The number of aryl methyl sites for hydroxylation is 2. The van der Waals surface area contributed by atoms with E-state index in [2.05, 4.69) is 20.0 Å². The van der Waals surface area contributed by atoms with Crippen molar-refractivity contribution in [3.63, 3.8) is 0 Å². The molecular weight excluding hydrogens is 384 g/mol. The summed E-state index contributed by atoms with van der Waals surface area (Å²) >= 11 is 0. The van der Waals surface area contributed by atoms with Gasteiger partial charge in [0.25, 0.3) is 11.5 Å². The largest absolute Gasteiger partial charge is 0.439 e. The number of para-hydroxylation sites is 1. The van der Waals surface area contributed by atoms with E-state index in [1.165, 1.54) is 23.9 Å². The molecule has 1 amide bonds. The Balaban J connectivity index is 1.44. The molecule has 0 atom stereocenters. The summed E-state index contributed by atoms with van der Waals surface area (Å²) in [5.74, 6) is 2.39. The summed E-state index contributed by atoms with van der Waals surface area (Å²) in [5, 5.41) is 4.05. The van der Waals surface area contributed by atoms with Gasteiger partial charge in [-0.25, -0.2) is 9.67 Å². The van der Waals surface area contributed by atoms with E-state index in [0.717, 1.165) is 5.82 Å². The number of carbonyl (C=O) groups excluding carboxylic acids is 1. The van der Waals surface area contributed by atoms with E-state index in [1.54, 1.807) is 4.90 Å². The number of rotatable bonds is 4. The van der Waals surface area contributed by atoms with Crippen LogP contribution in [-0.4, -0.2) is 56.7 Å². The Morgan fingerprint density at radius 2 is 1.73 bits per heavy atom. The number of ether oxygens (including phenoxy) is 1. The van der Waals surface area contributed by atoms with Crippen molar-refractivity contribution in [1.29, 1.82) is 0 Å². The van der Waals surface area contributed by atoms with Crippen molar-refractivity contribution in [1.82, 2.24) is 24.6 Å². The summed E-state index contributed by atoms with van der Waals surface area (Å²) in [6.45, 7) is 4.13. The Morgan fingerprint density at radius 1 is 1.00 bits per heavy atom. The molecule has 2 aromatic heterocycles. The molecule has 0 aliphatic carbocycles. The number of amides is 1. The maximum absolute atomic E-state index is 12.7. The molecule has 1 fully saturated rings. The molecule has 1 aliphatic rings. The van der Waals surface area contributed by atoms with Crippen LogP contribution in [0.5, 0.6) is 11.6 Å². The van der Waals surface area contributed by atoms with E-state index >= 15 is 0 Å². The average Bonchev–Trinajstić information content (AvgIpc) is 2.75. The van der Waals surface area contributed by atoms with Crippen molar-refractivity contribution in [3.05, 3.63) is 70.4 Å². The molecule has 0 bridgehead atoms. The summed E-state index contributed by atoms with van der Waals surface area (Å²) in [4.78, 5) is 36.9. The number of anilines is 1. The minimum atomic E-state index is -0.246.